The van der Waals surface area contributed by atoms with E-state index >= 15 is 0 Å². The van der Waals surface area contributed by atoms with Crippen molar-refractivity contribution >= 4 is 0 Å². The van der Waals surface area contributed by atoms with Crippen LogP contribution in [-0.2, 0) is 9.47 Å². The van der Waals surface area contributed by atoms with Crippen molar-refractivity contribution in [2.45, 2.75) is 31.9 Å². The van der Waals surface area contributed by atoms with Gasteiger partial charge in [0.05, 0.1) is 18.9 Å². The first-order chi connectivity index (χ1) is 8.81. The maximum absolute atomic E-state index is 6.14. The van der Waals surface area contributed by atoms with Gasteiger partial charge in [0.2, 0.25) is 0 Å². The van der Waals surface area contributed by atoms with Crippen molar-refractivity contribution in [3.63, 3.8) is 0 Å². The van der Waals surface area contributed by atoms with Gasteiger partial charge in [0, 0.05) is 24.8 Å². The summed E-state index contributed by atoms with van der Waals surface area (Å²) in [5.41, 5.74) is 7.06. The van der Waals surface area contributed by atoms with Gasteiger partial charge in [0.1, 0.15) is 6.10 Å². The predicted molar refractivity (Wildman–Crippen MR) is 70.1 cm³/mol. The van der Waals surface area contributed by atoms with Crippen LogP contribution in [0, 0.1) is 5.92 Å². The average molecular weight is 250 g/mol. The molecule has 2 N–H and O–H groups in total. The Morgan fingerprint density at radius 1 is 1.56 bits per heavy atom. The molecule has 0 bridgehead atoms. The highest BCUT2D eigenvalue weighted by Gasteiger charge is 2.23. The van der Waals surface area contributed by atoms with Gasteiger partial charge in [-0.25, -0.2) is 0 Å². The van der Waals surface area contributed by atoms with Crippen molar-refractivity contribution in [3.05, 3.63) is 30.1 Å². The molecule has 1 aliphatic heterocycles. The third kappa shape index (κ3) is 3.51. The number of nitrogens with two attached hydrogens (primary N) is 1. The fraction of sp³-hybridized carbons (Fsp3) is 0.643. The molecule has 0 aromatic carbocycles. The van der Waals surface area contributed by atoms with Crippen LogP contribution in [0.2, 0.25) is 0 Å². The van der Waals surface area contributed by atoms with Gasteiger partial charge in [0.15, 0.2) is 0 Å². The molecule has 1 aliphatic rings. The lowest BCUT2D eigenvalue weighted by atomic mass is 10.0. The Kier molecular flexibility index (Phi) is 5.11. The summed E-state index contributed by atoms with van der Waals surface area (Å²) in [4.78, 5) is 4.36. The third-order valence-electron chi connectivity index (χ3n) is 3.38. The Labute approximate surface area is 108 Å². The van der Waals surface area contributed by atoms with E-state index < -0.39 is 0 Å². The minimum Gasteiger partial charge on any atom is -0.381 e. The van der Waals surface area contributed by atoms with Crippen LogP contribution in [0.15, 0.2) is 24.4 Å². The van der Waals surface area contributed by atoms with Gasteiger partial charge in [-0.3, -0.25) is 4.98 Å². The molecule has 0 amide bonds. The lowest BCUT2D eigenvalue weighted by Crippen LogP contribution is -2.31. The Morgan fingerprint density at radius 3 is 3.06 bits per heavy atom. The molecule has 2 heterocycles. The fourth-order valence-electron chi connectivity index (χ4n) is 2.14. The summed E-state index contributed by atoms with van der Waals surface area (Å²) in [5, 5.41) is 0. The number of hydrogen-bond donors (Lipinski definition) is 1. The van der Waals surface area contributed by atoms with Gasteiger partial charge < -0.3 is 15.2 Å². The Bertz CT molecular complexity index is 339. The highest BCUT2D eigenvalue weighted by atomic mass is 16.5. The monoisotopic (exact) mass is 250 g/mol. The summed E-state index contributed by atoms with van der Waals surface area (Å²) in [6.45, 7) is 4.43. The van der Waals surface area contributed by atoms with Gasteiger partial charge in [-0.05, 0) is 25.0 Å². The van der Waals surface area contributed by atoms with Gasteiger partial charge >= 0.3 is 0 Å². The normalized spacial score (nSPS) is 22.9. The maximum atomic E-state index is 6.14. The molecule has 3 atom stereocenters. The quantitative estimate of drug-likeness (QED) is 0.838. The summed E-state index contributed by atoms with van der Waals surface area (Å²) in [5.74, 6) is 0.500. The van der Waals surface area contributed by atoms with E-state index in [9.17, 15) is 0 Å². The van der Waals surface area contributed by atoms with Crippen LogP contribution in [0.3, 0.4) is 0 Å². The molecule has 1 fully saturated rings. The SMILES string of the molecule is CCC(N)C(OCC1CCOC1)c1ccccn1. The Morgan fingerprint density at radius 2 is 2.44 bits per heavy atom. The molecule has 0 spiro atoms. The molecule has 2 rings (SSSR count). The zero-order chi connectivity index (χ0) is 12.8. The van der Waals surface area contributed by atoms with Crippen molar-refractivity contribution in [1.29, 1.82) is 0 Å². The van der Waals surface area contributed by atoms with Crippen LogP contribution in [-0.4, -0.2) is 30.8 Å². The smallest absolute Gasteiger partial charge is 0.114 e. The van der Waals surface area contributed by atoms with Crippen molar-refractivity contribution in [3.8, 4) is 0 Å². The summed E-state index contributed by atoms with van der Waals surface area (Å²) in [6.07, 6.45) is 3.63. The topological polar surface area (TPSA) is 57.4 Å². The third-order valence-corrected chi connectivity index (χ3v) is 3.38. The molecule has 1 saturated heterocycles. The number of aromatic nitrogens is 1. The molecule has 18 heavy (non-hydrogen) atoms. The lowest BCUT2D eigenvalue weighted by molar-refractivity contribution is 0.00708. The lowest BCUT2D eigenvalue weighted by Gasteiger charge is -2.24. The highest BCUT2D eigenvalue weighted by Crippen LogP contribution is 2.22. The van der Waals surface area contributed by atoms with Crippen LogP contribution in [0.5, 0.6) is 0 Å². The molecule has 4 heteroatoms. The van der Waals surface area contributed by atoms with Crippen LogP contribution < -0.4 is 5.73 Å². The largest absolute Gasteiger partial charge is 0.381 e. The first kappa shape index (κ1) is 13.5. The van der Waals surface area contributed by atoms with Gasteiger partial charge in [-0.15, -0.1) is 0 Å². The predicted octanol–water partition coefficient (Wildman–Crippen LogP) is 1.91. The second kappa shape index (κ2) is 6.83. The summed E-state index contributed by atoms with van der Waals surface area (Å²) in [7, 11) is 0. The molecule has 1 aromatic heterocycles. The number of ether oxygens (including phenoxy) is 2. The first-order valence-corrected chi connectivity index (χ1v) is 6.67. The standard InChI is InChI=1S/C14H22N2O2/c1-2-12(15)14(13-5-3-4-7-16-13)18-10-11-6-8-17-9-11/h3-5,7,11-12,14H,2,6,8-10,15H2,1H3. The molecule has 0 radical (unpaired) electrons. The van der Waals surface area contributed by atoms with E-state index in [4.69, 9.17) is 15.2 Å². The van der Waals surface area contributed by atoms with Crippen LogP contribution in [0.4, 0.5) is 0 Å². The summed E-state index contributed by atoms with van der Waals surface area (Å²) < 4.78 is 11.4. The number of pyridine rings is 1. The molecule has 1 aromatic rings. The number of rotatable bonds is 6. The van der Waals surface area contributed by atoms with Crippen molar-refractivity contribution in [1.82, 2.24) is 4.98 Å². The molecule has 0 aliphatic carbocycles. The molecule has 3 unspecified atom stereocenters. The fourth-order valence-corrected chi connectivity index (χ4v) is 2.14. The first-order valence-electron chi connectivity index (χ1n) is 6.67. The Hall–Kier alpha value is -0.970. The molecular weight excluding hydrogens is 228 g/mol. The van der Waals surface area contributed by atoms with E-state index in [0.29, 0.717) is 12.5 Å². The van der Waals surface area contributed by atoms with Crippen molar-refractivity contribution in [2.75, 3.05) is 19.8 Å². The zero-order valence-corrected chi connectivity index (χ0v) is 10.9. The molecular formula is C14H22N2O2. The van der Waals surface area contributed by atoms with Crippen LogP contribution in [0.1, 0.15) is 31.6 Å². The van der Waals surface area contributed by atoms with E-state index in [1.165, 1.54) is 0 Å². The van der Waals surface area contributed by atoms with E-state index in [1.54, 1.807) is 6.20 Å². The molecule has 4 nitrogen and oxygen atoms in total. The van der Waals surface area contributed by atoms with E-state index in [2.05, 4.69) is 11.9 Å². The maximum Gasteiger partial charge on any atom is 0.114 e. The van der Waals surface area contributed by atoms with E-state index in [0.717, 1.165) is 31.7 Å². The average Bonchev–Trinajstić information content (AvgIpc) is 2.93. The van der Waals surface area contributed by atoms with Crippen LogP contribution >= 0.6 is 0 Å². The zero-order valence-electron chi connectivity index (χ0n) is 10.9. The van der Waals surface area contributed by atoms with Crippen molar-refractivity contribution < 1.29 is 9.47 Å². The Balaban J connectivity index is 1.96. The van der Waals surface area contributed by atoms with Gasteiger partial charge in [-0.2, -0.15) is 0 Å². The van der Waals surface area contributed by atoms with Crippen molar-refractivity contribution in [2.24, 2.45) is 11.7 Å². The number of hydrogen-bond acceptors (Lipinski definition) is 4. The summed E-state index contributed by atoms with van der Waals surface area (Å²) >= 11 is 0. The van der Waals surface area contributed by atoms with Crippen LogP contribution in [0.25, 0.3) is 0 Å². The molecule has 100 valence electrons. The highest BCUT2D eigenvalue weighted by molar-refractivity contribution is 5.09. The minimum atomic E-state index is -0.114. The minimum absolute atomic E-state index is 0.0118. The second-order valence-corrected chi connectivity index (χ2v) is 4.81. The summed E-state index contributed by atoms with van der Waals surface area (Å²) in [6, 6.07) is 5.84. The van der Waals surface area contributed by atoms with E-state index in [-0.39, 0.29) is 12.1 Å². The van der Waals surface area contributed by atoms with Gasteiger partial charge in [0.25, 0.3) is 0 Å². The second-order valence-electron chi connectivity index (χ2n) is 4.81. The number of nitrogens with zero attached hydrogens (tertiary/aromatic N) is 1. The molecule has 0 saturated carbocycles. The van der Waals surface area contributed by atoms with E-state index in [1.807, 2.05) is 18.2 Å². The van der Waals surface area contributed by atoms with Gasteiger partial charge in [-0.1, -0.05) is 13.0 Å².